The lowest BCUT2D eigenvalue weighted by Gasteiger charge is -2.24. The van der Waals surface area contributed by atoms with Gasteiger partial charge in [-0.15, -0.1) is 0 Å². The predicted molar refractivity (Wildman–Crippen MR) is 77.0 cm³/mol. The molecular weight excluding hydrogens is 236 g/mol. The summed E-state index contributed by atoms with van der Waals surface area (Å²) in [4.78, 5) is 6.83. The zero-order valence-electron chi connectivity index (χ0n) is 12.0. The zero-order chi connectivity index (χ0) is 13.1. The van der Waals surface area contributed by atoms with Crippen LogP contribution < -0.4 is 5.32 Å². The van der Waals surface area contributed by atoms with Crippen molar-refractivity contribution in [1.29, 1.82) is 0 Å². The summed E-state index contributed by atoms with van der Waals surface area (Å²) in [7, 11) is 2.27. The van der Waals surface area contributed by atoms with Crippen molar-refractivity contribution >= 4 is 0 Å². The van der Waals surface area contributed by atoms with Crippen LogP contribution in [-0.4, -0.2) is 40.1 Å². The van der Waals surface area contributed by atoms with E-state index in [1.54, 1.807) is 0 Å². The highest BCUT2D eigenvalue weighted by Crippen LogP contribution is 2.22. The molecule has 0 spiro atoms. The Morgan fingerprint density at radius 2 is 2.11 bits per heavy atom. The monoisotopic (exact) mass is 262 g/mol. The van der Waals surface area contributed by atoms with Gasteiger partial charge in [0, 0.05) is 37.9 Å². The second kappa shape index (κ2) is 6.06. The van der Waals surface area contributed by atoms with Crippen LogP contribution in [0.4, 0.5) is 0 Å². The molecule has 19 heavy (non-hydrogen) atoms. The molecule has 2 fully saturated rings. The normalized spacial score (nSPS) is 20.5. The average Bonchev–Trinajstić information content (AvgIpc) is 2.94. The lowest BCUT2D eigenvalue weighted by molar-refractivity contribution is 0.235. The van der Waals surface area contributed by atoms with Gasteiger partial charge in [-0.05, 0) is 32.7 Å². The summed E-state index contributed by atoms with van der Waals surface area (Å²) in [5.74, 6) is 0. The molecule has 1 heterocycles. The number of imidazole rings is 1. The van der Waals surface area contributed by atoms with E-state index in [9.17, 15) is 0 Å². The summed E-state index contributed by atoms with van der Waals surface area (Å²) in [5, 5.41) is 3.57. The van der Waals surface area contributed by atoms with Crippen LogP contribution in [0.1, 0.15) is 44.2 Å². The average molecular weight is 262 g/mol. The van der Waals surface area contributed by atoms with Crippen LogP contribution >= 0.6 is 0 Å². The van der Waals surface area contributed by atoms with E-state index in [0.29, 0.717) is 0 Å². The highest BCUT2D eigenvalue weighted by Gasteiger charge is 2.21. The molecule has 0 bridgehead atoms. The largest absolute Gasteiger partial charge is 0.332 e. The number of hydrogen-bond donors (Lipinski definition) is 1. The SMILES string of the molecule is CN(CCn1cncc1CNC1CC1)C1CCCC1. The molecule has 2 saturated carbocycles. The molecule has 1 aromatic heterocycles. The molecule has 2 aliphatic carbocycles. The van der Waals surface area contributed by atoms with Crippen molar-refractivity contribution in [3.63, 3.8) is 0 Å². The Labute approximate surface area is 116 Å². The van der Waals surface area contributed by atoms with E-state index < -0.39 is 0 Å². The first-order chi connectivity index (χ1) is 9.33. The quantitative estimate of drug-likeness (QED) is 0.816. The Kier molecular flexibility index (Phi) is 4.18. The van der Waals surface area contributed by atoms with Crippen molar-refractivity contribution in [2.24, 2.45) is 0 Å². The third kappa shape index (κ3) is 3.57. The summed E-state index contributed by atoms with van der Waals surface area (Å²) < 4.78 is 2.31. The van der Waals surface area contributed by atoms with Gasteiger partial charge in [-0.1, -0.05) is 12.8 Å². The summed E-state index contributed by atoms with van der Waals surface area (Å²) in [6.45, 7) is 3.17. The first-order valence-corrected chi connectivity index (χ1v) is 7.75. The van der Waals surface area contributed by atoms with Crippen LogP contribution in [-0.2, 0) is 13.1 Å². The van der Waals surface area contributed by atoms with Gasteiger partial charge in [-0.25, -0.2) is 4.98 Å². The molecule has 1 N–H and O–H groups in total. The van der Waals surface area contributed by atoms with Gasteiger partial charge in [-0.3, -0.25) is 0 Å². The third-order valence-corrected chi connectivity index (χ3v) is 4.59. The van der Waals surface area contributed by atoms with E-state index in [4.69, 9.17) is 0 Å². The van der Waals surface area contributed by atoms with Crippen LogP contribution in [0.5, 0.6) is 0 Å². The molecule has 0 saturated heterocycles. The van der Waals surface area contributed by atoms with Gasteiger partial charge < -0.3 is 14.8 Å². The van der Waals surface area contributed by atoms with Crippen LogP contribution in [0, 0.1) is 0 Å². The summed E-state index contributed by atoms with van der Waals surface area (Å²) in [6.07, 6.45) is 12.3. The van der Waals surface area contributed by atoms with Crippen molar-refractivity contribution in [3.05, 3.63) is 18.2 Å². The van der Waals surface area contributed by atoms with Gasteiger partial charge in [0.25, 0.3) is 0 Å². The van der Waals surface area contributed by atoms with E-state index in [0.717, 1.165) is 31.7 Å². The van der Waals surface area contributed by atoms with Crippen molar-refractivity contribution < 1.29 is 0 Å². The lowest BCUT2D eigenvalue weighted by Crippen LogP contribution is -2.32. The summed E-state index contributed by atoms with van der Waals surface area (Å²) in [6, 6.07) is 1.58. The van der Waals surface area contributed by atoms with Crippen LogP contribution in [0.25, 0.3) is 0 Å². The van der Waals surface area contributed by atoms with E-state index in [2.05, 4.69) is 26.8 Å². The van der Waals surface area contributed by atoms with E-state index in [1.165, 1.54) is 44.2 Å². The number of hydrogen-bond acceptors (Lipinski definition) is 3. The van der Waals surface area contributed by atoms with E-state index >= 15 is 0 Å². The molecule has 0 radical (unpaired) electrons. The topological polar surface area (TPSA) is 33.1 Å². The van der Waals surface area contributed by atoms with Crippen LogP contribution in [0.3, 0.4) is 0 Å². The molecule has 0 aromatic carbocycles. The fraction of sp³-hybridized carbons (Fsp3) is 0.800. The highest BCUT2D eigenvalue weighted by molar-refractivity contribution is 4.99. The maximum absolute atomic E-state index is 4.30. The van der Waals surface area contributed by atoms with Crippen molar-refractivity contribution in [2.45, 2.75) is 63.7 Å². The molecule has 0 unspecified atom stereocenters. The van der Waals surface area contributed by atoms with Gasteiger partial charge in [0.1, 0.15) is 0 Å². The number of nitrogens with one attached hydrogen (secondary N) is 1. The zero-order valence-corrected chi connectivity index (χ0v) is 12.0. The van der Waals surface area contributed by atoms with Gasteiger partial charge in [-0.2, -0.15) is 0 Å². The molecular formula is C15H26N4. The minimum Gasteiger partial charge on any atom is -0.332 e. The minimum absolute atomic E-state index is 0.768. The maximum atomic E-state index is 4.30. The van der Waals surface area contributed by atoms with Crippen molar-refractivity contribution in [2.75, 3.05) is 13.6 Å². The Balaban J connectivity index is 1.46. The molecule has 4 heteroatoms. The number of likely N-dealkylation sites (N-methyl/N-ethyl adjacent to an activating group) is 1. The molecule has 2 aliphatic rings. The van der Waals surface area contributed by atoms with Crippen LogP contribution in [0.15, 0.2) is 12.5 Å². The van der Waals surface area contributed by atoms with Crippen LogP contribution in [0.2, 0.25) is 0 Å². The number of rotatable bonds is 7. The van der Waals surface area contributed by atoms with Crippen molar-refractivity contribution in [3.8, 4) is 0 Å². The predicted octanol–water partition coefficient (Wildman–Crippen LogP) is 2.01. The Bertz CT molecular complexity index is 391. The second-order valence-electron chi connectivity index (χ2n) is 6.15. The fourth-order valence-electron chi connectivity index (χ4n) is 3.03. The first-order valence-electron chi connectivity index (χ1n) is 7.75. The smallest absolute Gasteiger partial charge is 0.0949 e. The number of aromatic nitrogens is 2. The first kappa shape index (κ1) is 13.1. The highest BCUT2D eigenvalue weighted by atomic mass is 15.2. The van der Waals surface area contributed by atoms with Gasteiger partial charge >= 0.3 is 0 Å². The summed E-state index contributed by atoms with van der Waals surface area (Å²) >= 11 is 0. The second-order valence-corrected chi connectivity index (χ2v) is 6.15. The Morgan fingerprint density at radius 1 is 1.32 bits per heavy atom. The molecule has 0 atom stereocenters. The third-order valence-electron chi connectivity index (χ3n) is 4.59. The van der Waals surface area contributed by atoms with Crippen molar-refractivity contribution in [1.82, 2.24) is 19.8 Å². The molecule has 3 rings (SSSR count). The Morgan fingerprint density at radius 3 is 2.84 bits per heavy atom. The molecule has 0 aliphatic heterocycles. The molecule has 1 aromatic rings. The maximum Gasteiger partial charge on any atom is 0.0949 e. The standard InChI is InChI=1S/C15H26N4/c1-18(14-4-2-3-5-14)8-9-19-12-16-10-15(19)11-17-13-6-7-13/h10,12-14,17H,2-9,11H2,1H3. The minimum atomic E-state index is 0.768. The molecule has 4 nitrogen and oxygen atoms in total. The van der Waals surface area contributed by atoms with E-state index in [1.807, 2.05) is 12.5 Å². The molecule has 0 amide bonds. The number of nitrogens with zero attached hydrogens (tertiary/aromatic N) is 3. The Hall–Kier alpha value is -0.870. The van der Waals surface area contributed by atoms with Gasteiger partial charge in [0.2, 0.25) is 0 Å². The lowest BCUT2D eigenvalue weighted by atomic mass is 10.2. The molecule has 106 valence electrons. The van der Waals surface area contributed by atoms with Gasteiger partial charge in [0.15, 0.2) is 0 Å². The van der Waals surface area contributed by atoms with E-state index in [-0.39, 0.29) is 0 Å². The fourth-order valence-corrected chi connectivity index (χ4v) is 3.03. The summed E-state index contributed by atoms with van der Waals surface area (Å²) in [5.41, 5.74) is 1.33. The van der Waals surface area contributed by atoms with Gasteiger partial charge in [0.05, 0.1) is 12.0 Å².